The molecule has 5 rings (SSSR count). The van der Waals surface area contributed by atoms with Gasteiger partial charge in [-0.2, -0.15) is 0 Å². The van der Waals surface area contributed by atoms with Crippen LogP contribution in [-0.4, -0.2) is 75.6 Å². The number of aryl methyl sites for hydroxylation is 1. The Hall–Kier alpha value is -3.46. The van der Waals surface area contributed by atoms with Gasteiger partial charge in [-0.15, -0.1) is 13.2 Å². The topological polar surface area (TPSA) is 90.4 Å². The lowest BCUT2D eigenvalue weighted by Gasteiger charge is -2.40. The van der Waals surface area contributed by atoms with Crippen molar-refractivity contribution in [1.82, 2.24) is 9.80 Å². The van der Waals surface area contributed by atoms with Crippen molar-refractivity contribution in [3.8, 4) is 0 Å². The number of aliphatic hydroxyl groups is 1. The molecular weight excluding hydrogens is 614 g/mol. The summed E-state index contributed by atoms with van der Waals surface area (Å²) in [6.45, 7) is 18.1. The van der Waals surface area contributed by atoms with Crippen LogP contribution >= 0.6 is 11.6 Å². The number of ether oxygens (including phenoxy) is 1. The summed E-state index contributed by atoms with van der Waals surface area (Å²) in [4.78, 5) is 49.7. The number of anilines is 1. The van der Waals surface area contributed by atoms with Gasteiger partial charge in [0.15, 0.2) is 0 Å². The van der Waals surface area contributed by atoms with Crippen LogP contribution < -0.4 is 4.90 Å². The predicted octanol–water partition coefficient (Wildman–Crippen LogP) is 5.80. The standard InChI is InChI=1S/C38H48ClN3O5/c1-8-18-40(22-27-15-11-10-12-16-27)34(44)30-31-35(45)42(28(23-43)20-24(3)4)33(38(31)21-26(6)37(30,7)47-38)36(46)41(19-9-2)32-25(5)14-13-17-29(32)39/h8-17,24,26,28,30-31,33,43H,1-2,18-23H2,3-7H3/t26?,28-,30+,31+,33?,37-,38?/m1/s1. The summed E-state index contributed by atoms with van der Waals surface area (Å²) in [6.07, 6.45) is 4.22. The first-order valence-corrected chi connectivity index (χ1v) is 17.0. The summed E-state index contributed by atoms with van der Waals surface area (Å²) >= 11 is 6.73. The van der Waals surface area contributed by atoms with Crippen LogP contribution in [0.5, 0.6) is 0 Å². The fraction of sp³-hybridized carbons (Fsp3) is 0.500. The summed E-state index contributed by atoms with van der Waals surface area (Å²) in [6, 6.07) is 13.4. The molecule has 252 valence electrons. The van der Waals surface area contributed by atoms with Gasteiger partial charge in [0.05, 0.1) is 40.8 Å². The van der Waals surface area contributed by atoms with Gasteiger partial charge in [0.2, 0.25) is 11.8 Å². The van der Waals surface area contributed by atoms with Gasteiger partial charge in [-0.3, -0.25) is 14.4 Å². The molecule has 1 N–H and O–H groups in total. The Morgan fingerprint density at radius 3 is 2.38 bits per heavy atom. The molecule has 2 bridgehead atoms. The van der Waals surface area contributed by atoms with E-state index in [0.717, 1.165) is 11.1 Å². The van der Waals surface area contributed by atoms with E-state index in [0.29, 0.717) is 36.6 Å². The summed E-state index contributed by atoms with van der Waals surface area (Å²) < 4.78 is 7.03. The summed E-state index contributed by atoms with van der Waals surface area (Å²) in [7, 11) is 0. The highest BCUT2D eigenvalue weighted by Gasteiger charge is 2.80. The Balaban J connectivity index is 1.66. The van der Waals surface area contributed by atoms with Gasteiger partial charge < -0.3 is 24.5 Å². The summed E-state index contributed by atoms with van der Waals surface area (Å²) in [5, 5.41) is 11.1. The zero-order chi connectivity index (χ0) is 34.3. The van der Waals surface area contributed by atoms with Gasteiger partial charge >= 0.3 is 0 Å². The number of nitrogens with zero attached hydrogens (tertiary/aromatic N) is 3. The van der Waals surface area contributed by atoms with Crippen LogP contribution in [0.25, 0.3) is 0 Å². The molecule has 9 heteroatoms. The van der Waals surface area contributed by atoms with Gasteiger partial charge in [0.25, 0.3) is 5.91 Å². The van der Waals surface area contributed by atoms with E-state index in [-0.39, 0.29) is 42.7 Å². The van der Waals surface area contributed by atoms with Gasteiger partial charge in [0.1, 0.15) is 11.6 Å². The Morgan fingerprint density at radius 2 is 1.79 bits per heavy atom. The molecule has 0 radical (unpaired) electrons. The third-order valence-electron chi connectivity index (χ3n) is 10.5. The molecule has 2 aromatic carbocycles. The number of hydrogen-bond donors (Lipinski definition) is 1. The monoisotopic (exact) mass is 661 g/mol. The number of halogens is 1. The molecule has 7 atom stereocenters. The largest absolute Gasteiger partial charge is 0.394 e. The maximum Gasteiger partial charge on any atom is 0.253 e. The summed E-state index contributed by atoms with van der Waals surface area (Å²) in [5.41, 5.74) is 0.0159. The van der Waals surface area contributed by atoms with Gasteiger partial charge in [-0.1, -0.05) is 87.0 Å². The van der Waals surface area contributed by atoms with E-state index >= 15 is 4.79 Å². The number of carbonyl (C=O) groups is 3. The second-order valence-electron chi connectivity index (χ2n) is 14.1. The molecule has 47 heavy (non-hydrogen) atoms. The highest BCUT2D eigenvalue weighted by atomic mass is 35.5. The van der Waals surface area contributed by atoms with E-state index < -0.39 is 35.1 Å². The lowest BCUT2D eigenvalue weighted by molar-refractivity contribution is -0.154. The fourth-order valence-electron chi connectivity index (χ4n) is 8.47. The van der Waals surface area contributed by atoms with E-state index in [9.17, 15) is 14.7 Å². The molecule has 0 aliphatic carbocycles. The fourth-order valence-corrected chi connectivity index (χ4v) is 8.79. The second-order valence-corrected chi connectivity index (χ2v) is 14.5. The number of hydrogen-bond acceptors (Lipinski definition) is 5. The van der Waals surface area contributed by atoms with Crippen LogP contribution in [0.15, 0.2) is 73.8 Å². The molecule has 0 aromatic heterocycles. The Kier molecular flexibility index (Phi) is 10.1. The number of para-hydroxylation sites is 1. The lowest BCUT2D eigenvalue weighted by Crippen LogP contribution is -2.59. The van der Waals surface area contributed by atoms with Gasteiger partial charge in [-0.05, 0) is 55.7 Å². The molecule has 3 fully saturated rings. The molecule has 2 aromatic rings. The van der Waals surface area contributed by atoms with E-state index in [1.165, 1.54) is 0 Å². The average molecular weight is 662 g/mol. The van der Waals surface area contributed by atoms with Crippen molar-refractivity contribution in [3.63, 3.8) is 0 Å². The first-order valence-electron chi connectivity index (χ1n) is 16.6. The van der Waals surface area contributed by atoms with Crippen molar-refractivity contribution in [2.75, 3.05) is 24.6 Å². The third-order valence-corrected chi connectivity index (χ3v) is 10.8. The number of likely N-dealkylation sites (tertiary alicyclic amines) is 1. The molecule has 0 saturated carbocycles. The SMILES string of the molecule is C=CCN(Cc1ccccc1)C(=O)[C@@H]1[C@H]2C(=O)N([C@@H](CO)CC(C)C)C(C(=O)N(CC=C)c3c(C)cccc3Cl)C23CC(C)[C@@]1(C)O3. The maximum absolute atomic E-state index is 15.1. The maximum atomic E-state index is 15.1. The zero-order valence-corrected chi connectivity index (χ0v) is 29.0. The first-order chi connectivity index (χ1) is 22.4. The molecule has 3 amide bonds. The number of aliphatic hydroxyl groups excluding tert-OH is 1. The normalized spacial score (nSPS) is 28.3. The number of benzene rings is 2. The minimum absolute atomic E-state index is 0.129. The van der Waals surface area contributed by atoms with Crippen molar-refractivity contribution in [2.45, 2.75) is 77.3 Å². The number of fused-ring (bicyclic) bond motifs is 1. The minimum Gasteiger partial charge on any atom is -0.394 e. The minimum atomic E-state index is -1.28. The smallest absolute Gasteiger partial charge is 0.253 e. The van der Waals surface area contributed by atoms with E-state index in [4.69, 9.17) is 16.3 Å². The van der Waals surface area contributed by atoms with Crippen molar-refractivity contribution < 1.29 is 24.2 Å². The number of carbonyl (C=O) groups excluding carboxylic acids is 3. The zero-order valence-electron chi connectivity index (χ0n) is 28.2. The van der Waals surface area contributed by atoms with Gasteiger partial charge in [0, 0.05) is 19.6 Å². The molecule has 8 nitrogen and oxygen atoms in total. The van der Waals surface area contributed by atoms with Crippen LogP contribution in [0.3, 0.4) is 0 Å². The third kappa shape index (κ3) is 5.83. The molecule has 1 spiro atoms. The van der Waals surface area contributed by atoms with Crippen molar-refractivity contribution >= 4 is 35.0 Å². The van der Waals surface area contributed by atoms with Crippen LogP contribution in [0, 0.1) is 30.6 Å². The molecule has 3 aliphatic rings. The van der Waals surface area contributed by atoms with E-state index in [1.807, 2.05) is 77.1 Å². The van der Waals surface area contributed by atoms with E-state index in [1.54, 1.807) is 32.9 Å². The molecule has 3 saturated heterocycles. The van der Waals surface area contributed by atoms with Crippen molar-refractivity contribution in [2.24, 2.45) is 23.7 Å². The molecular formula is C38H48ClN3O5. The lowest BCUT2D eigenvalue weighted by atomic mass is 9.62. The Bertz CT molecular complexity index is 1510. The number of amides is 3. The average Bonchev–Trinajstić information content (AvgIpc) is 3.55. The highest BCUT2D eigenvalue weighted by molar-refractivity contribution is 6.34. The van der Waals surface area contributed by atoms with Gasteiger partial charge in [-0.25, -0.2) is 0 Å². The molecule has 3 unspecified atom stereocenters. The van der Waals surface area contributed by atoms with Crippen molar-refractivity contribution in [3.05, 3.63) is 90.0 Å². The van der Waals surface area contributed by atoms with Crippen LogP contribution in [0.4, 0.5) is 5.69 Å². The first kappa shape index (κ1) is 34.9. The van der Waals surface area contributed by atoms with Crippen LogP contribution in [-0.2, 0) is 25.7 Å². The molecule has 3 heterocycles. The summed E-state index contributed by atoms with van der Waals surface area (Å²) in [5.74, 6) is -2.65. The predicted molar refractivity (Wildman–Crippen MR) is 185 cm³/mol. The number of rotatable bonds is 13. The van der Waals surface area contributed by atoms with Crippen LogP contribution in [0.1, 0.15) is 51.7 Å². The Morgan fingerprint density at radius 1 is 1.11 bits per heavy atom. The van der Waals surface area contributed by atoms with Crippen molar-refractivity contribution in [1.29, 1.82) is 0 Å². The Labute approximate surface area is 284 Å². The van der Waals surface area contributed by atoms with E-state index in [2.05, 4.69) is 13.2 Å². The second kappa shape index (κ2) is 13.6. The highest BCUT2D eigenvalue weighted by Crippen LogP contribution is 2.66. The molecule has 3 aliphatic heterocycles. The van der Waals surface area contributed by atoms with Crippen LogP contribution in [0.2, 0.25) is 5.02 Å². The quantitative estimate of drug-likeness (QED) is 0.274.